The van der Waals surface area contributed by atoms with Crippen LogP contribution in [0.15, 0.2) is 46.0 Å². The maximum absolute atomic E-state index is 14.0. The van der Waals surface area contributed by atoms with Gasteiger partial charge in [-0.25, -0.2) is 13.8 Å². The average molecular weight is 415 g/mol. The van der Waals surface area contributed by atoms with Gasteiger partial charge in [0.15, 0.2) is 11.7 Å². The summed E-state index contributed by atoms with van der Waals surface area (Å²) in [5, 5.41) is 13.6. The lowest BCUT2D eigenvalue weighted by atomic mass is 10.2. The molecule has 1 saturated heterocycles. The third kappa shape index (κ3) is 4.42. The number of rotatable bonds is 6. The fraction of sp³-hybridized carbons (Fsp3) is 0.350. The highest BCUT2D eigenvalue weighted by molar-refractivity contribution is 5.80. The number of furan rings is 1. The van der Waals surface area contributed by atoms with Gasteiger partial charge in [-0.1, -0.05) is 6.07 Å². The summed E-state index contributed by atoms with van der Waals surface area (Å²) < 4.78 is 33.3. The third-order valence-corrected chi connectivity index (χ3v) is 4.93. The smallest absolute Gasteiger partial charge is 0.216 e. The van der Waals surface area contributed by atoms with E-state index >= 15 is 0 Å². The molecule has 0 radical (unpaired) electrons. The van der Waals surface area contributed by atoms with Gasteiger partial charge in [0.2, 0.25) is 5.82 Å². The van der Waals surface area contributed by atoms with E-state index in [4.69, 9.17) is 4.42 Å². The van der Waals surface area contributed by atoms with Gasteiger partial charge in [-0.3, -0.25) is 10.1 Å². The first-order chi connectivity index (χ1) is 14.6. The van der Waals surface area contributed by atoms with Crippen LogP contribution in [0.4, 0.5) is 14.5 Å². The number of guanidine groups is 1. The van der Waals surface area contributed by atoms with E-state index in [1.54, 1.807) is 30.3 Å². The van der Waals surface area contributed by atoms with Crippen LogP contribution in [0, 0.1) is 11.6 Å². The minimum atomic E-state index is -0.542. The highest BCUT2D eigenvalue weighted by atomic mass is 19.1. The molecule has 158 valence electrons. The fourth-order valence-electron chi connectivity index (χ4n) is 3.48. The van der Waals surface area contributed by atoms with Gasteiger partial charge >= 0.3 is 0 Å². The molecule has 1 aromatic carbocycles. The molecule has 8 nitrogen and oxygen atoms in total. The molecule has 1 aliphatic heterocycles. The molecule has 2 aromatic heterocycles. The van der Waals surface area contributed by atoms with E-state index in [0.29, 0.717) is 43.6 Å². The Kier molecular flexibility index (Phi) is 5.92. The molecule has 4 rings (SSSR count). The molecule has 1 unspecified atom stereocenters. The second-order valence-electron chi connectivity index (χ2n) is 6.98. The molecule has 0 spiro atoms. The number of anilines is 1. The first-order valence-corrected chi connectivity index (χ1v) is 9.75. The van der Waals surface area contributed by atoms with Gasteiger partial charge in [0.25, 0.3) is 0 Å². The Morgan fingerprint density at radius 3 is 2.87 bits per heavy atom. The Hall–Kier alpha value is -3.43. The second kappa shape index (κ2) is 8.93. The first kappa shape index (κ1) is 19.9. The number of hydrogen-bond acceptors (Lipinski definition) is 5. The lowest BCUT2D eigenvalue weighted by Gasteiger charge is -2.21. The van der Waals surface area contributed by atoms with Crippen molar-refractivity contribution in [3.8, 4) is 11.6 Å². The van der Waals surface area contributed by atoms with Crippen molar-refractivity contribution >= 4 is 11.6 Å². The van der Waals surface area contributed by atoms with E-state index < -0.39 is 11.6 Å². The zero-order valence-corrected chi connectivity index (χ0v) is 16.5. The number of H-pyrrole nitrogens is 1. The maximum Gasteiger partial charge on any atom is 0.216 e. The molecule has 3 heterocycles. The lowest BCUT2D eigenvalue weighted by Crippen LogP contribution is -2.45. The fourth-order valence-corrected chi connectivity index (χ4v) is 3.48. The molecule has 0 amide bonds. The molecule has 0 aliphatic carbocycles. The highest BCUT2D eigenvalue weighted by Crippen LogP contribution is 2.26. The van der Waals surface area contributed by atoms with Crippen molar-refractivity contribution in [2.24, 2.45) is 4.99 Å². The maximum atomic E-state index is 14.0. The number of benzene rings is 1. The van der Waals surface area contributed by atoms with Gasteiger partial charge in [0.05, 0.1) is 6.26 Å². The van der Waals surface area contributed by atoms with Crippen LogP contribution in [0.5, 0.6) is 0 Å². The molecule has 30 heavy (non-hydrogen) atoms. The summed E-state index contributed by atoms with van der Waals surface area (Å²) in [6, 6.07) is 7.55. The number of aromatic nitrogens is 3. The van der Waals surface area contributed by atoms with Gasteiger partial charge in [-0.2, -0.15) is 5.10 Å². The number of aromatic amines is 1. The molecule has 0 saturated carbocycles. The van der Waals surface area contributed by atoms with Crippen molar-refractivity contribution in [2.75, 3.05) is 31.6 Å². The number of hydrogen-bond donors (Lipinski definition) is 3. The van der Waals surface area contributed by atoms with Crippen LogP contribution in [0.2, 0.25) is 0 Å². The molecule has 10 heteroatoms. The summed E-state index contributed by atoms with van der Waals surface area (Å²) in [6.07, 6.45) is 2.95. The summed E-state index contributed by atoms with van der Waals surface area (Å²) in [5.74, 6) is 1.40. The zero-order valence-electron chi connectivity index (χ0n) is 16.5. The number of nitrogens with one attached hydrogen (secondary N) is 3. The molecular weight excluding hydrogens is 392 g/mol. The Morgan fingerprint density at radius 2 is 2.13 bits per heavy atom. The third-order valence-electron chi connectivity index (χ3n) is 4.93. The van der Waals surface area contributed by atoms with Gasteiger partial charge in [-0.05, 0) is 30.7 Å². The van der Waals surface area contributed by atoms with Crippen LogP contribution < -0.4 is 15.5 Å². The van der Waals surface area contributed by atoms with E-state index in [2.05, 4.69) is 30.8 Å². The number of aliphatic imine (C=N–C) groups is 1. The highest BCUT2D eigenvalue weighted by Gasteiger charge is 2.27. The average Bonchev–Trinajstić information content (AvgIpc) is 3.49. The van der Waals surface area contributed by atoms with Crippen molar-refractivity contribution < 1.29 is 13.2 Å². The minimum Gasteiger partial charge on any atom is -0.461 e. The van der Waals surface area contributed by atoms with Gasteiger partial charge in [0, 0.05) is 39.1 Å². The molecule has 1 atom stereocenters. The number of halogens is 2. The molecule has 1 aliphatic rings. The van der Waals surface area contributed by atoms with E-state index in [9.17, 15) is 8.78 Å². The summed E-state index contributed by atoms with van der Waals surface area (Å²) in [4.78, 5) is 10.4. The summed E-state index contributed by atoms with van der Waals surface area (Å²) in [5.41, 5.74) is 0.0300. The van der Waals surface area contributed by atoms with Crippen LogP contribution in [0.25, 0.3) is 11.6 Å². The van der Waals surface area contributed by atoms with E-state index in [1.807, 2.05) is 0 Å². The van der Waals surface area contributed by atoms with Crippen molar-refractivity contribution in [2.45, 2.75) is 18.9 Å². The molecule has 3 N–H and O–H groups in total. The topological polar surface area (TPSA) is 94.4 Å². The monoisotopic (exact) mass is 415 g/mol. The Morgan fingerprint density at radius 1 is 1.30 bits per heavy atom. The molecule has 3 aromatic rings. The molecule has 0 bridgehead atoms. The number of para-hydroxylation sites is 1. The van der Waals surface area contributed by atoms with E-state index in [1.165, 1.54) is 18.2 Å². The van der Waals surface area contributed by atoms with Crippen molar-refractivity contribution in [3.05, 3.63) is 54.1 Å². The van der Waals surface area contributed by atoms with Crippen LogP contribution in [-0.4, -0.2) is 53.9 Å². The van der Waals surface area contributed by atoms with Crippen LogP contribution in [0.1, 0.15) is 12.2 Å². The SMILES string of the molecule is CN=C(NCCc1nc(-c2ccco2)n[nH]1)NC1CCN(c2c(F)cccc2F)C1. The Bertz CT molecular complexity index is 982. The van der Waals surface area contributed by atoms with Crippen molar-refractivity contribution in [1.29, 1.82) is 0 Å². The van der Waals surface area contributed by atoms with E-state index in [0.717, 1.165) is 12.2 Å². The normalized spacial score (nSPS) is 16.8. The Balaban J connectivity index is 1.26. The predicted molar refractivity (Wildman–Crippen MR) is 109 cm³/mol. The minimum absolute atomic E-state index is 0.0300. The van der Waals surface area contributed by atoms with Crippen LogP contribution >= 0.6 is 0 Å². The summed E-state index contributed by atoms with van der Waals surface area (Å²) >= 11 is 0. The van der Waals surface area contributed by atoms with Crippen LogP contribution in [0.3, 0.4) is 0 Å². The van der Waals surface area contributed by atoms with Gasteiger partial charge < -0.3 is 20.0 Å². The van der Waals surface area contributed by atoms with Gasteiger partial charge in [-0.15, -0.1) is 0 Å². The Labute approximate surface area is 172 Å². The molecule has 1 fully saturated rings. The standard InChI is InChI=1S/C20H23F2N7O/c1-23-20(24-9-7-17-26-19(28-27-17)16-6-3-11-30-16)25-13-8-10-29(12-13)18-14(21)4-2-5-15(18)22/h2-6,11,13H,7-10,12H2,1H3,(H2,23,24,25)(H,26,27,28). The quantitative estimate of drug-likeness (QED) is 0.423. The lowest BCUT2D eigenvalue weighted by molar-refractivity contribution is 0.575. The second-order valence-corrected chi connectivity index (χ2v) is 6.98. The summed E-state index contributed by atoms with van der Waals surface area (Å²) in [6.45, 7) is 1.65. The first-order valence-electron chi connectivity index (χ1n) is 9.75. The van der Waals surface area contributed by atoms with E-state index in [-0.39, 0.29) is 11.7 Å². The zero-order chi connectivity index (χ0) is 20.9. The predicted octanol–water partition coefficient (Wildman–Crippen LogP) is 2.33. The van der Waals surface area contributed by atoms with Gasteiger partial charge in [0.1, 0.15) is 23.1 Å². The van der Waals surface area contributed by atoms with Crippen LogP contribution in [-0.2, 0) is 6.42 Å². The number of nitrogens with zero attached hydrogens (tertiary/aromatic N) is 4. The largest absolute Gasteiger partial charge is 0.461 e. The molecular formula is C20H23F2N7O. The van der Waals surface area contributed by atoms with Crippen molar-refractivity contribution in [1.82, 2.24) is 25.8 Å². The summed E-state index contributed by atoms with van der Waals surface area (Å²) in [7, 11) is 1.68. The van der Waals surface area contributed by atoms with Crippen molar-refractivity contribution in [3.63, 3.8) is 0 Å².